The second-order valence-electron chi connectivity index (χ2n) is 2.82. The predicted molar refractivity (Wildman–Crippen MR) is 64.9 cm³/mol. The van der Waals surface area contributed by atoms with Crippen LogP contribution in [0.3, 0.4) is 0 Å². The van der Waals surface area contributed by atoms with Crippen molar-refractivity contribution in [3.63, 3.8) is 0 Å². The molecule has 0 aliphatic carbocycles. The van der Waals surface area contributed by atoms with E-state index < -0.39 is 0 Å². The number of nitrogens with zero attached hydrogens (tertiary/aromatic N) is 1. The normalized spacial score (nSPS) is 9.85. The maximum Gasteiger partial charge on any atom is 0.254 e. The van der Waals surface area contributed by atoms with Crippen LogP contribution in [0.25, 0.3) is 0 Å². The van der Waals surface area contributed by atoms with E-state index in [1.165, 1.54) is 0 Å². The monoisotopic (exact) mass is 353 g/mol. The van der Waals surface area contributed by atoms with Crippen molar-refractivity contribution in [1.82, 2.24) is 4.90 Å². The number of carbonyl (C=O) groups excluding carboxylic acids is 1. The molecule has 0 bridgehead atoms. The molecule has 0 N–H and O–H groups in total. The SMILES string of the molecule is CN(C)C(=O)c1ccc(I)cc1Br. The second-order valence-corrected chi connectivity index (χ2v) is 4.92. The van der Waals surface area contributed by atoms with E-state index in [0.717, 1.165) is 8.04 Å². The van der Waals surface area contributed by atoms with Gasteiger partial charge in [0.1, 0.15) is 0 Å². The second kappa shape index (κ2) is 4.41. The Morgan fingerprint density at radius 3 is 2.54 bits per heavy atom. The smallest absolute Gasteiger partial charge is 0.254 e. The molecule has 2 nitrogen and oxygen atoms in total. The molecule has 70 valence electrons. The zero-order chi connectivity index (χ0) is 10.0. The number of halogens is 2. The highest BCUT2D eigenvalue weighted by atomic mass is 127. The summed E-state index contributed by atoms with van der Waals surface area (Å²) in [5, 5.41) is 0. The van der Waals surface area contributed by atoms with E-state index in [-0.39, 0.29) is 5.91 Å². The number of amides is 1. The highest BCUT2D eigenvalue weighted by molar-refractivity contribution is 14.1. The third-order valence-corrected chi connectivity index (χ3v) is 2.89. The fourth-order valence-corrected chi connectivity index (χ4v) is 2.37. The van der Waals surface area contributed by atoms with Crippen molar-refractivity contribution in [3.05, 3.63) is 31.8 Å². The Balaban J connectivity index is 3.09. The molecule has 1 rings (SSSR count). The number of hydrogen-bond acceptors (Lipinski definition) is 1. The molecule has 0 atom stereocenters. The van der Waals surface area contributed by atoms with Crippen LogP contribution in [0.2, 0.25) is 0 Å². The first-order chi connectivity index (χ1) is 6.02. The van der Waals surface area contributed by atoms with Gasteiger partial charge in [-0.3, -0.25) is 4.79 Å². The molecule has 0 saturated heterocycles. The quantitative estimate of drug-likeness (QED) is 0.711. The van der Waals surface area contributed by atoms with Gasteiger partial charge in [-0.05, 0) is 56.7 Å². The lowest BCUT2D eigenvalue weighted by Gasteiger charge is -2.11. The Kier molecular flexibility index (Phi) is 3.73. The largest absolute Gasteiger partial charge is 0.345 e. The summed E-state index contributed by atoms with van der Waals surface area (Å²) in [7, 11) is 3.49. The van der Waals surface area contributed by atoms with Crippen LogP contribution >= 0.6 is 38.5 Å². The van der Waals surface area contributed by atoms with E-state index in [9.17, 15) is 4.79 Å². The van der Waals surface area contributed by atoms with Crippen molar-refractivity contribution in [2.75, 3.05) is 14.1 Å². The molecule has 0 aromatic heterocycles. The molecule has 1 aromatic carbocycles. The highest BCUT2D eigenvalue weighted by Gasteiger charge is 2.11. The zero-order valence-electron chi connectivity index (χ0n) is 7.34. The number of hydrogen-bond donors (Lipinski definition) is 0. The molecule has 0 unspecified atom stereocenters. The third kappa shape index (κ3) is 2.67. The molecule has 13 heavy (non-hydrogen) atoms. The minimum absolute atomic E-state index is 0.0169. The fourth-order valence-electron chi connectivity index (χ4n) is 0.904. The third-order valence-electron chi connectivity index (χ3n) is 1.57. The molecule has 1 aromatic rings. The topological polar surface area (TPSA) is 20.3 Å². The summed E-state index contributed by atoms with van der Waals surface area (Å²) in [5.74, 6) is 0.0169. The van der Waals surface area contributed by atoms with Crippen LogP contribution < -0.4 is 0 Å². The molecule has 0 aliphatic heterocycles. The number of carbonyl (C=O) groups is 1. The van der Waals surface area contributed by atoms with Gasteiger partial charge in [0.05, 0.1) is 5.56 Å². The van der Waals surface area contributed by atoms with Gasteiger partial charge in [-0.15, -0.1) is 0 Å². The van der Waals surface area contributed by atoms with E-state index in [0.29, 0.717) is 5.56 Å². The Labute approximate surface area is 99.6 Å². The molecule has 1 amide bonds. The molecular weight excluding hydrogens is 345 g/mol. The Bertz CT molecular complexity index is 338. The van der Waals surface area contributed by atoms with Crippen molar-refractivity contribution >= 4 is 44.4 Å². The first kappa shape index (κ1) is 11.0. The summed E-state index contributed by atoms with van der Waals surface area (Å²) >= 11 is 5.57. The molecule has 0 spiro atoms. The average Bonchev–Trinajstić information content (AvgIpc) is 2.03. The maximum atomic E-state index is 11.6. The van der Waals surface area contributed by atoms with E-state index in [1.807, 2.05) is 18.2 Å². The summed E-state index contributed by atoms with van der Waals surface area (Å²) < 4.78 is 1.96. The predicted octanol–water partition coefficient (Wildman–Crippen LogP) is 2.76. The molecule has 0 aliphatic rings. The van der Waals surface area contributed by atoms with Gasteiger partial charge in [0.25, 0.3) is 5.91 Å². The van der Waals surface area contributed by atoms with Crippen molar-refractivity contribution in [2.24, 2.45) is 0 Å². The first-order valence-corrected chi connectivity index (χ1v) is 5.56. The summed E-state index contributed by atoms with van der Waals surface area (Å²) in [5.41, 5.74) is 0.699. The molecule has 0 fully saturated rings. The van der Waals surface area contributed by atoms with Crippen LogP contribution in [0.1, 0.15) is 10.4 Å². The summed E-state index contributed by atoms with van der Waals surface area (Å²) in [6.45, 7) is 0. The summed E-state index contributed by atoms with van der Waals surface area (Å²) in [6, 6.07) is 5.67. The van der Waals surface area contributed by atoms with Crippen LogP contribution in [-0.4, -0.2) is 24.9 Å². The van der Waals surface area contributed by atoms with Crippen molar-refractivity contribution in [3.8, 4) is 0 Å². The molecule has 0 radical (unpaired) electrons. The zero-order valence-corrected chi connectivity index (χ0v) is 11.1. The fraction of sp³-hybridized carbons (Fsp3) is 0.222. The van der Waals surface area contributed by atoms with Crippen LogP contribution in [0.4, 0.5) is 0 Å². The minimum Gasteiger partial charge on any atom is -0.345 e. The van der Waals surface area contributed by atoms with Crippen molar-refractivity contribution < 1.29 is 4.79 Å². The van der Waals surface area contributed by atoms with E-state index in [2.05, 4.69) is 38.5 Å². The van der Waals surface area contributed by atoms with E-state index in [1.54, 1.807) is 19.0 Å². The lowest BCUT2D eigenvalue weighted by molar-refractivity contribution is 0.0826. The molecular formula is C9H9BrINO. The average molecular weight is 354 g/mol. The van der Waals surface area contributed by atoms with Gasteiger partial charge in [0, 0.05) is 22.1 Å². The van der Waals surface area contributed by atoms with Gasteiger partial charge in [0.15, 0.2) is 0 Å². The standard InChI is InChI=1S/C9H9BrINO/c1-12(2)9(13)7-4-3-6(11)5-8(7)10/h3-5H,1-2H3. The maximum absolute atomic E-state index is 11.6. The highest BCUT2D eigenvalue weighted by Crippen LogP contribution is 2.20. The Hall–Kier alpha value is -0.100. The van der Waals surface area contributed by atoms with Crippen LogP contribution in [0.15, 0.2) is 22.7 Å². The van der Waals surface area contributed by atoms with Crippen molar-refractivity contribution in [2.45, 2.75) is 0 Å². The number of rotatable bonds is 1. The first-order valence-electron chi connectivity index (χ1n) is 3.69. The lowest BCUT2D eigenvalue weighted by Crippen LogP contribution is -2.22. The van der Waals surface area contributed by atoms with Crippen molar-refractivity contribution in [1.29, 1.82) is 0 Å². The Morgan fingerprint density at radius 2 is 2.08 bits per heavy atom. The van der Waals surface area contributed by atoms with Gasteiger partial charge in [-0.1, -0.05) is 0 Å². The minimum atomic E-state index is 0.0169. The van der Waals surface area contributed by atoms with Gasteiger partial charge in [0.2, 0.25) is 0 Å². The van der Waals surface area contributed by atoms with E-state index >= 15 is 0 Å². The Morgan fingerprint density at radius 1 is 1.46 bits per heavy atom. The summed E-state index contributed by atoms with van der Waals surface area (Å²) in [6.07, 6.45) is 0. The molecule has 4 heteroatoms. The van der Waals surface area contributed by atoms with Crippen LogP contribution in [-0.2, 0) is 0 Å². The van der Waals surface area contributed by atoms with Crippen LogP contribution in [0.5, 0.6) is 0 Å². The van der Waals surface area contributed by atoms with Gasteiger partial charge >= 0.3 is 0 Å². The molecule has 0 saturated carbocycles. The van der Waals surface area contributed by atoms with E-state index in [4.69, 9.17) is 0 Å². The lowest BCUT2D eigenvalue weighted by atomic mass is 10.2. The summed E-state index contributed by atoms with van der Waals surface area (Å²) in [4.78, 5) is 13.1. The van der Waals surface area contributed by atoms with Gasteiger partial charge in [-0.25, -0.2) is 0 Å². The molecule has 0 heterocycles. The van der Waals surface area contributed by atoms with Gasteiger partial charge < -0.3 is 4.90 Å². The number of benzene rings is 1. The van der Waals surface area contributed by atoms with Crippen LogP contribution in [0, 0.1) is 3.57 Å². The van der Waals surface area contributed by atoms with Gasteiger partial charge in [-0.2, -0.15) is 0 Å².